The molecule has 3 N–H and O–H groups in total. The number of aliphatic hydroxyl groups is 1. The lowest BCUT2D eigenvalue weighted by molar-refractivity contribution is -0.236. The summed E-state index contributed by atoms with van der Waals surface area (Å²) in [5.74, 6) is 1.21. The van der Waals surface area contributed by atoms with Crippen molar-refractivity contribution in [1.82, 2.24) is 15.2 Å². The largest absolute Gasteiger partial charge is 0.461 e. The topological polar surface area (TPSA) is 118 Å². The van der Waals surface area contributed by atoms with E-state index in [1.54, 1.807) is 18.3 Å². The number of rotatable bonds is 7. The second-order valence-corrected chi connectivity index (χ2v) is 15.6. The number of aliphatic hydroxyl groups excluding tert-OH is 1. The molecule has 5 fully saturated rings. The van der Waals surface area contributed by atoms with Crippen molar-refractivity contribution < 1.29 is 19.4 Å². The molecule has 45 heavy (non-hydrogen) atoms. The quantitative estimate of drug-likeness (QED) is 0.101. The van der Waals surface area contributed by atoms with Gasteiger partial charge in [-0.2, -0.15) is 5.10 Å². The van der Waals surface area contributed by atoms with Crippen LogP contribution in [0.5, 0.6) is 0 Å². The number of carbonyl (C=O) groups is 2. The van der Waals surface area contributed by atoms with Crippen molar-refractivity contribution in [2.24, 2.45) is 45.0 Å². The molecular weight excluding hydrogens is 586 g/mol. The van der Waals surface area contributed by atoms with Crippen LogP contribution in [0.25, 0.3) is 0 Å². The van der Waals surface area contributed by atoms with E-state index in [0.717, 1.165) is 55.9 Å². The molecule has 6 rings (SSSR count). The summed E-state index contributed by atoms with van der Waals surface area (Å²) in [6.07, 6.45) is 6.24. The fourth-order valence-corrected chi connectivity index (χ4v) is 10.7. The standard InChI is InChI=1S/C35H49N5O4S/c1-6-33(4)18-26(29-22(2)17-35-21-34(30(29)35,11-10-27(35)41)23(3)31(33)43)44-28(42)20-45-25-9-7-8-24(16-25)19-38-39(5)32(36)40-14-12-37-13-15-40/h6-9,16,19,22-23,26,29-31,36-37,43H,1,10-15,17-18,20-21H2,2-5H3/b36-32?,38-19+/t22?,23-,26+,29?,30?,31-,33+,34?,35?/m0/s1. The Morgan fingerprint density at radius 1 is 1.31 bits per heavy atom. The number of nitrogens with one attached hydrogen (secondary N) is 2. The monoisotopic (exact) mass is 635 g/mol. The van der Waals surface area contributed by atoms with Gasteiger partial charge in [-0.1, -0.05) is 39.0 Å². The summed E-state index contributed by atoms with van der Waals surface area (Å²) in [7, 11) is 1.78. The summed E-state index contributed by atoms with van der Waals surface area (Å²) >= 11 is 1.43. The van der Waals surface area contributed by atoms with Gasteiger partial charge in [0.1, 0.15) is 11.9 Å². The number of Topliss-reactive ketones (excluding diaryl/α,β-unsaturated/α-hetero) is 1. The number of ether oxygens (including phenoxy) is 1. The molecule has 1 heterocycles. The molecule has 5 aliphatic rings. The van der Waals surface area contributed by atoms with E-state index in [1.165, 1.54) is 11.8 Å². The zero-order valence-corrected chi connectivity index (χ0v) is 27.9. The van der Waals surface area contributed by atoms with E-state index in [4.69, 9.17) is 10.1 Å². The van der Waals surface area contributed by atoms with Crippen LogP contribution in [0.15, 0.2) is 46.9 Å². The van der Waals surface area contributed by atoms with Crippen molar-refractivity contribution in [3.8, 4) is 0 Å². The molecule has 9 nitrogen and oxygen atoms in total. The molecule has 5 unspecified atom stereocenters. The van der Waals surface area contributed by atoms with Gasteiger partial charge in [-0.3, -0.25) is 15.0 Å². The zero-order chi connectivity index (χ0) is 32.1. The zero-order valence-electron chi connectivity index (χ0n) is 27.1. The van der Waals surface area contributed by atoms with Gasteiger partial charge in [0, 0.05) is 61.3 Å². The van der Waals surface area contributed by atoms with Gasteiger partial charge in [-0.05, 0) is 66.5 Å². The van der Waals surface area contributed by atoms with E-state index >= 15 is 0 Å². The minimum atomic E-state index is -0.613. The highest BCUT2D eigenvalue weighted by Crippen LogP contribution is 2.79. The molecule has 0 aromatic heterocycles. The Balaban J connectivity index is 1.14. The molecule has 2 bridgehead atoms. The van der Waals surface area contributed by atoms with Crippen molar-refractivity contribution in [3.05, 3.63) is 42.5 Å². The van der Waals surface area contributed by atoms with Crippen molar-refractivity contribution in [2.75, 3.05) is 39.0 Å². The van der Waals surface area contributed by atoms with Gasteiger partial charge >= 0.3 is 5.97 Å². The van der Waals surface area contributed by atoms with Gasteiger partial charge in [0.15, 0.2) is 0 Å². The average molecular weight is 636 g/mol. The van der Waals surface area contributed by atoms with Crippen molar-refractivity contribution in [1.29, 1.82) is 5.41 Å². The van der Waals surface area contributed by atoms with Gasteiger partial charge in [-0.25, -0.2) is 5.01 Å². The summed E-state index contributed by atoms with van der Waals surface area (Å²) in [4.78, 5) is 29.8. The maximum Gasteiger partial charge on any atom is 0.316 e. The molecule has 9 atom stereocenters. The van der Waals surface area contributed by atoms with Crippen molar-refractivity contribution in [3.63, 3.8) is 0 Å². The normalized spacial score (nSPS) is 39.0. The van der Waals surface area contributed by atoms with Crippen LogP contribution in [0.2, 0.25) is 0 Å². The summed E-state index contributed by atoms with van der Waals surface area (Å²) in [5, 5.41) is 29.5. The number of hydrazone groups is 1. The van der Waals surface area contributed by atoms with Crippen LogP contribution < -0.4 is 5.32 Å². The van der Waals surface area contributed by atoms with Crippen LogP contribution >= 0.6 is 11.8 Å². The van der Waals surface area contributed by atoms with Crippen LogP contribution in [0.4, 0.5) is 0 Å². The van der Waals surface area contributed by atoms with Crippen LogP contribution in [-0.2, 0) is 14.3 Å². The molecule has 4 aliphatic carbocycles. The van der Waals surface area contributed by atoms with Crippen LogP contribution in [0.3, 0.4) is 0 Å². The lowest BCUT2D eigenvalue weighted by atomic mass is 9.34. The third-order valence-corrected chi connectivity index (χ3v) is 13.1. The maximum atomic E-state index is 13.5. The van der Waals surface area contributed by atoms with E-state index in [-0.39, 0.29) is 52.3 Å². The average Bonchev–Trinajstić information content (AvgIpc) is 3.29. The molecule has 4 saturated carbocycles. The fourth-order valence-electron chi connectivity index (χ4n) is 9.91. The number of hydrogen-bond acceptors (Lipinski definition) is 8. The van der Waals surface area contributed by atoms with Crippen molar-refractivity contribution in [2.45, 2.75) is 70.0 Å². The van der Waals surface area contributed by atoms with E-state index in [0.29, 0.717) is 24.6 Å². The Labute approximate surface area is 271 Å². The van der Waals surface area contributed by atoms with E-state index in [1.807, 2.05) is 42.2 Å². The highest BCUT2D eigenvalue weighted by atomic mass is 32.2. The maximum absolute atomic E-state index is 13.5. The Hall–Kier alpha value is -2.69. The number of ketones is 1. The highest BCUT2D eigenvalue weighted by molar-refractivity contribution is 8.00. The number of guanidine groups is 1. The number of esters is 1. The molecular formula is C35H49N5O4S. The number of hydrogen-bond donors (Lipinski definition) is 3. The lowest BCUT2D eigenvalue weighted by Crippen LogP contribution is -2.69. The summed E-state index contributed by atoms with van der Waals surface area (Å²) in [6, 6.07) is 7.85. The highest BCUT2D eigenvalue weighted by Gasteiger charge is 2.78. The third kappa shape index (κ3) is 5.44. The summed E-state index contributed by atoms with van der Waals surface area (Å²) in [5.41, 5.74) is -0.111. The number of piperazine rings is 1. The van der Waals surface area contributed by atoms with Crippen LogP contribution in [-0.4, -0.2) is 90.1 Å². The second kappa shape index (κ2) is 12.2. The molecule has 1 aliphatic heterocycles. The van der Waals surface area contributed by atoms with Crippen LogP contribution in [0, 0.1) is 45.3 Å². The minimum Gasteiger partial charge on any atom is -0.461 e. The number of benzene rings is 1. The first-order valence-electron chi connectivity index (χ1n) is 16.5. The molecule has 1 saturated heterocycles. The first kappa shape index (κ1) is 32.3. The minimum absolute atomic E-state index is 0.0509. The molecule has 0 radical (unpaired) electrons. The van der Waals surface area contributed by atoms with Gasteiger partial charge in [0.25, 0.3) is 0 Å². The molecule has 1 aromatic carbocycles. The Bertz CT molecular complexity index is 1380. The van der Waals surface area contributed by atoms with Crippen LogP contribution in [0.1, 0.15) is 58.4 Å². The predicted molar refractivity (Wildman–Crippen MR) is 177 cm³/mol. The van der Waals surface area contributed by atoms with E-state index < -0.39 is 11.5 Å². The van der Waals surface area contributed by atoms with Gasteiger partial charge < -0.3 is 20.1 Å². The molecule has 0 amide bonds. The Kier molecular flexibility index (Phi) is 8.71. The smallest absolute Gasteiger partial charge is 0.316 e. The molecule has 10 heteroatoms. The Morgan fingerprint density at radius 3 is 2.80 bits per heavy atom. The Morgan fingerprint density at radius 2 is 2.07 bits per heavy atom. The second-order valence-electron chi connectivity index (χ2n) is 14.6. The number of thioether (sulfide) groups is 1. The third-order valence-electron chi connectivity index (χ3n) is 12.2. The number of carbonyl (C=O) groups excluding carboxylic acids is 2. The molecule has 244 valence electrons. The van der Waals surface area contributed by atoms with Gasteiger partial charge in [0.05, 0.1) is 18.1 Å². The summed E-state index contributed by atoms with van der Waals surface area (Å²) < 4.78 is 6.37. The summed E-state index contributed by atoms with van der Waals surface area (Å²) in [6.45, 7) is 13.8. The predicted octanol–water partition coefficient (Wildman–Crippen LogP) is 4.40. The molecule has 1 aromatic rings. The lowest BCUT2D eigenvalue weighted by Gasteiger charge is -2.69. The van der Waals surface area contributed by atoms with E-state index in [9.17, 15) is 14.7 Å². The number of nitrogens with zero attached hydrogens (tertiary/aromatic N) is 3. The fraction of sp³-hybridized carbons (Fsp3) is 0.657. The first-order chi connectivity index (χ1) is 21.4. The van der Waals surface area contributed by atoms with Crippen molar-refractivity contribution >= 4 is 35.7 Å². The van der Waals surface area contributed by atoms with Gasteiger partial charge in [-0.15, -0.1) is 18.3 Å². The first-order valence-corrected chi connectivity index (χ1v) is 17.5. The molecule has 2 spiro atoms. The van der Waals surface area contributed by atoms with Gasteiger partial charge in [0.2, 0.25) is 5.96 Å². The van der Waals surface area contributed by atoms with E-state index in [2.05, 4.69) is 30.8 Å². The SMILES string of the molecule is C=C[C@]1(C)C[C@@H](OC(=O)CSc2cccc(/C=N/N(C)C(=N)N3CCNCC3)c2)C2C(C)CC34CC(CCC3=O)(C24)[C@@H](C)[C@@H]1O.